The smallest absolute Gasteiger partial charge is 0.362 e. The van der Waals surface area contributed by atoms with Crippen LogP contribution >= 0.6 is 0 Å². The molecule has 62 heavy (non-hydrogen) atoms. The quantitative estimate of drug-likeness (QED) is 0.0561. The molecule has 0 N–H and O–H groups in total. The van der Waals surface area contributed by atoms with Gasteiger partial charge in [0.25, 0.3) is 0 Å². The van der Waals surface area contributed by atoms with Crippen molar-refractivity contribution in [3.8, 4) is 5.75 Å². The van der Waals surface area contributed by atoms with Crippen molar-refractivity contribution in [2.24, 2.45) is 0 Å². The molecule has 0 saturated carbocycles. The molecule has 0 unspecified atom stereocenters. The van der Waals surface area contributed by atoms with Gasteiger partial charge in [-0.05, 0) is 38.1 Å². The van der Waals surface area contributed by atoms with Crippen LogP contribution in [0.25, 0.3) is 0 Å². The summed E-state index contributed by atoms with van der Waals surface area (Å²) in [6.45, 7) is 4.13. The molecule has 0 spiro atoms. The van der Waals surface area contributed by atoms with Gasteiger partial charge in [-0.2, -0.15) is 0 Å². The molecule has 6 aromatic carbocycles. The highest BCUT2D eigenvalue weighted by Gasteiger charge is 2.52. The van der Waals surface area contributed by atoms with Gasteiger partial charge in [0.2, 0.25) is 3.57 Å². The second kappa shape index (κ2) is 18.1. The zero-order valence-electron chi connectivity index (χ0n) is 30.2. The molecule has 6 rings (SSSR count). The van der Waals surface area contributed by atoms with E-state index in [-0.39, 0.29) is 27.3 Å². The number of para-hydroxylation sites is 1. The summed E-state index contributed by atoms with van der Waals surface area (Å²) in [7, 11) is 0. The Morgan fingerprint density at radius 3 is 0.855 bits per heavy atom. The molecule has 0 amide bonds. The third-order valence-electron chi connectivity index (χ3n) is 8.85. The van der Waals surface area contributed by atoms with Gasteiger partial charge in [-0.25, -0.2) is 87.8 Å². The second-order valence-corrected chi connectivity index (χ2v) is 15.7. The lowest BCUT2D eigenvalue weighted by atomic mass is 9.12. The standard InChI is InChI=1S/C24BF20.C15H16IO/c26-5-1(6(27)14(35)21(42)13(5)34)25(2-7(28)15(36)22(43)16(37)8(2)29,3-9(30)17(38)23(44)18(39)10(3)31)4-11(32)19(40)24(45)20(41)12(4)33;1-12(2)17-15-11-7-6-10-14(15)16-13-8-4-3-5-9-13/h;3-12H,1-2H3/q-1;+1. The zero-order chi connectivity index (χ0) is 46.4. The van der Waals surface area contributed by atoms with E-state index >= 15 is 35.1 Å². The van der Waals surface area contributed by atoms with Gasteiger partial charge in [-0.3, -0.25) is 0 Å². The van der Waals surface area contributed by atoms with Gasteiger partial charge < -0.3 is 4.74 Å². The maximum atomic E-state index is 15.4. The molecule has 0 aromatic heterocycles. The van der Waals surface area contributed by atoms with Crippen molar-refractivity contribution in [3.63, 3.8) is 0 Å². The van der Waals surface area contributed by atoms with Crippen molar-refractivity contribution in [2.45, 2.75) is 20.0 Å². The lowest BCUT2D eigenvalue weighted by Crippen LogP contribution is -3.61. The van der Waals surface area contributed by atoms with Crippen LogP contribution in [-0.4, -0.2) is 12.2 Å². The van der Waals surface area contributed by atoms with Crippen LogP contribution < -0.4 is 47.8 Å². The molecule has 1 nitrogen and oxygen atoms in total. The maximum Gasteiger partial charge on any atom is 0.362 e. The van der Waals surface area contributed by atoms with Crippen molar-refractivity contribution >= 4 is 28.0 Å². The highest BCUT2D eigenvalue weighted by molar-refractivity contribution is 7.20. The lowest BCUT2D eigenvalue weighted by Gasteiger charge is -2.44. The Labute approximate surface area is 344 Å². The number of benzene rings is 6. The molecule has 0 saturated heterocycles. The molecule has 6 aromatic rings. The number of halogens is 21. The second-order valence-electron chi connectivity index (χ2n) is 12.8. The van der Waals surface area contributed by atoms with E-state index in [4.69, 9.17) is 4.74 Å². The van der Waals surface area contributed by atoms with Crippen LogP contribution in [0.5, 0.6) is 5.75 Å². The first-order valence-corrected chi connectivity index (χ1v) is 18.8. The SMILES string of the molecule is CC(C)Oc1ccccc1[I+]c1ccccc1.Fc1c(F)c(F)c([B-](c2c(F)c(F)c(F)c(F)c2F)(c2c(F)c(F)c(F)c(F)c2F)c2c(F)c(F)c(F)c(F)c2F)c(F)c1F. The Kier molecular flexibility index (Phi) is 13.9. The van der Waals surface area contributed by atoms with Crippen LogP contribution in [0.1, 0.15) is 13.8 Å². The van der Waals surface area contributed by atoms with Crippen molar-refractivity contribution in [3.05, 3.63) is 178 Å². The van der Waals surface area contributed by atoms with Crippen molar-refractivity contribution in [2.75, 3.05) is 0 Å². The largest absolute Gasteiger partial charge is 0.486 e. The summed E-state index contributed by atoms with van der Waals surface area (Å²) >= 11 is -0.150. The topological polar surface area (TPSA) is 9.23 Å². The van der Waals surface area contributed by atoms with E-state index in [1.54, 1.807) is 0 Å². The summed E-state index contributed by atoms with van der Waals surface area (Å²) < 4.78 is 303. The molecule has 0 aliphatic rings. The normalized spacial score (nSPS) is 11.6. The summed E-state index contributed by atoms with van der Waals surface area (Å²) in [6.07, 6.45) is -6.98. The predicted octanol–water partition coefficient (Wildman–Crippen LogP) is 6.45. The van der Waals surface area contributed by atoms with Gasteiger partial charge in [0.15, 0.2) is 79.1 Å². The van der Waals surface area contributed by atoms with Gasteiger partial charge in [-0.1, -0.05) is 30.3 Å². The van der Waals surface area contributed by atoms with E-state index in [2.05, 4.69) is 62.4 Å². The molecule has 0 radical (unpaired) electrons. The average Bonchev–Trinajstić information content (AvgIpc) is 3.24. The summed E-state index contributed by atoms with van der Waals surface area (Å²) in [6, 6.07) is 19.0. The third-order valence-corrected chi connectivity index (χ3v) is 11.7. The molecule has 0 bridgehead atoms. The van der Waals surface area contributed by atoms with Crippen molar-refractivity contribution in [1.29, 1.82) is 0 Å². The van der Waals surface area contributed by atoms with Gasteiger partial charge in [0.05, 0.1) is 6.10 Å². The summed E-state index contributed by atoms with van der Waals surface area (Å²) in [4.78, 5) is 0. The van der Waals surface area contributed by atoms with E-state index in [1.807, 2.05) is 6.07 Å². The summed E-state index contributed by atoms with van der Waals surface area (Å²) in [5.41, 5.74) is -14.3. The number of hydrogen-bond donors (Lipinski definition) is 0. The highest BCUT2D eigenvalue weighted by atomic mass is 127. The van der Waals surface area contributed by atoms with E-state index in [0.717, 1.165) is 5.75 Å². The molecule has 0 heterocycles. The molecule has 0 aliphatic heterocycles. The Balaban J connectivity index is 0.000000355. The first kappa shape index (κ1) is 47.6. The van der Waals surface area contributed by atoms with Crippen molar-refractivity contribution < 1.29 is 114 Å². The summed E-state index contributed by atoms with van der Waals surface area (Å²) in [5.74, 6) is -70.4. The Hall–Kier alpha value is -5.49. The summed E-state index contributed by atoms with van der Waals surface area (Å²) in [5, 5.41) is 0. The van der Waals surface area contributed by atoms with Gasteiger partial charge >= 0.3 is 21.2 Å². The molecule has 0 aliphatic carbocycles. The van der Waals surface area contributed by atoms with Crippen LogP contribution in [-0.2, 0) is 0 Å². The van der Waals surface area contributed by atoms with E-state index in [1.165, 1.54) is 7.14 Å². The predicted molar refractivity (Wildman–Crippen MR) is 175 cm³/mol. The van der Waals surface area contributed by atoms with Crippen LogP contribution in [0.3, 0.4) is 0 Å². The number of ether oxygens (including phenoxy) is 1. The average molecular weight is 1020 g/mol. The maximum absolute atomic E-state index is 15.4. The third kappa shape index (κ3) is 7.80. The molecule has 23 heteroatoms. The molecule has 328 valence electrons. The molecular weight excluding hydrogens is 1000 g/mol. The van der Waals surface area contributed by atoms with Gasteiger partial charge in [-0.15, -0.1) is 21.9 Å². The van der Waals surface area contributed by atoms with Gasteiger partial charge in [0, 0.05) is 0 Å². The molecule has 0 atom stereocenters. The fraction of sp³-hybridized carbons (Fsp3) is 0.0769. The van der Waals surface area contributed by atoms with Crippen LogP contribution in [0.2, 0.25) is 0 Å². The Morgan fingerprint density at radius 2 is 0.581 bits per heavy atom. The van der Waals surface area contributed by atoms with Crippen LogP contribution in [0, 0.1) is 123 Å². The van der Waals surface area contributed by atoms with E-state index in [0.29, 0.717) is 0 Å². The molecular formula is C39H16BF20IO. The first-order valence-electron chi connectivity index (χ1n) is 16.6. The zero-order valence-corrected chi connectivity index (χ0v) is 32.4. The number of hydrogen-bond acceptors (Lipinski definition) is 1. The fourth-order valence-electron chi connectivity index (χ4n) is 6.34. The Morgan fingerprint density at radius 1 is 0.339 bits per heavy atom. The minimum absolute atomic E-state index is 0.150. The minimum Gasteiger partial charge on any atom is -0.486 e. The van der Waals surface area contributed by atoms with Crippen LogP contribution in [0.15, 0.2) is 54.6 Å². The number of rotatable bonds is 8. The van der Waals surface area contributed by atoms with Gasteiger partial charge in [0.1, 0.15) is 52.7 Å². The van der Waals surface area contributed by atoms with E-state index < -0.39 is 144 Å². The van der Waals surface area contributed by atoms with Crippen molar-refractivity contribution in [1.82, 2.24) is 0 Å². The molecule has 0 fully saturated rings. The van der Waals surface area contributed by atoms with Crippen LogP contribution in [0.4, 0.5) is 87.8 Å². The fourth-order valence-corrected chi connectivity index (χ4v) is 8.75. The Bertz CT molecular complexity index is 2350. The monoisotopic (exact) mass is 1020 g/mol. The minimum atomic E-state index is -7.22. The highest BCUT2D eigenvalue weighted by Crippen LogP contribution is 2.30. The lowest BCUT2D eigenvalue weighted by molar-refractivity contribution is -0.598. The first-order chi connectivity index (χ1) is 29.0. The van der Waals surface area contributed by atoms with E-state index in [9.17, 15) is 52.7 Å².